The number of hydrogen-bond acceptors (Lipinski definition) is 3. The van der Waals surface area contributed by atoms with E-state index in [-0.39, 0.29) is 11.5 Å². The predicted octanol–water partition coefficient (Wildman–Crippen LogP) is 2.94. The molecule has 0 radical (unpaired) electrons. The zero-order valence-corrected chi connectivity index (χ0v) is 11.9. The number of aromatic amines is 2. The van der Waals surface area contributed by atoms with Crippen molar-refractivity contribution in [3.63, 3.8) is 0 Å². The van der Waals surface area contributed by atoms with Crippen LogP contribution in [0.3, 0.4) is 0 Å². The molecule has 1 aliphatic rings. The second kappa shape index (κ2) is 5.23. The Morgan fingerprint density at radius 2 is 2.00 bits per heavy atom. The molecule has 20 heavy (non-hydrogen) atoms. The number of pyridine rings is 1. The molecule has 1 saturated carbocycles. The summed E-state index contributed by atoms with van der Waals surface area (Å²) in [5, 5.41) is 7.42. The van der Waals surface area contributed by atoms with Crippen LogP contribution in [0.25, 0.3) is 11.4 Å². The molecular weight excluding hydrogens is 252 g/mol. The van der Waals surface area contributed by atoms with Gasteiger partial charge in [-0.1, -0.05) is 26.7 Å². The quantitative estimate of drug-likeness (QED) is 0.902. The van der Waals surface area contributed by atoms with E-state index in [1.807, 2.05) is 6.07 Å². The Balaban J connectivity index is 1.98. The summed E-state index contributed by atoms with van der Waals surface area (Å²) in [6.07, 6.45) is 4.93. The van der Waals surface area contributed by atoms with Crippen LogP contribution in [-0.4, -0.2) is 20.2 Å². The monoisotopic (exact) mass is 272 g/mol. The smallest absolute Gasteiger partial charge is 0.248 e. The minimum absolute atomic E-state index is 0.0796. The first-order valence-corrected chi connectivity index (χ1v) is 7.31. The van der Waals surface area contributed by atoms with Crippen molar-refractivity contribution in [3.8, 4) is 11.4 Å². The molecule has 1 aliphatic carbocycles. The van der Waals surface area contributed by atoms with Gasteiger partial charge < -0.3 is 4.98 Å². The molecule has 1 fully saturated rings. The van der Waals surface area contributed by atoms with Gasteiger partial charge in [0.05, 0.1) is 0 Å². The lowest BCUT2D eigenvalue weighted by molar-refractivity contribution is 0.672. The molecule has 3 rings (SSSR count). The largest absolute Gasteiger partial charge is 0.325 e. The maximum absolute atomic E-state index is 11.5. The molecule has 5 nitrogen and oxygen atoms in total. The molecule has 0 bridgehead atoms. The third kappa shape index (κ3) is 2.40. The molecule has 5 heteroatoms. The number of aromatic nitrogens is 4. The van der Waals surface area contributed by atoms with E-state index in [0.29, 0.717) is 11.7 Å². The Morgan fingerprint density at radius 3 is 2.70 bits per heavy atom. The van der Waals surface area contributed by atoms with Crippen LogP contribution < -0.4 is 5.56 Å². The van der Waals surface area contributed by atoms with Gasteiger partial charge in [0.2, 0.25) is 5.56 Å². The lowest BCUT2D eigenvalue weighted by atomic mass is 10.0. The van der Waals surface area contributed by atoms with Crippen molar-refractivity contribution in [2.45, 2.75) is 51.4 Å². The van der Waals surface area contributed by atoms with E-state index in [1.54, 1.807) is 0 Å². The maximum atomic E-state index is 11.5. The third-order valence-corrected chi connectivity index (χ3v) is 4.01. The highest BCUT2D eigenvalue weighted by molar-refractivity contribution is 5.58. The van der Waals surface area contributed by atoms with Crippen molar-refractivity contribution >= 4 is 0 Å². The fourth-order valence-corrected chi connectivity index (χ4v) is 2.92. The van der Waals surface area contributed by atoms with Crippen LogP contribution in [0.5, 0.6) is 0 Å². The van der Waals surface area contributed by atoms with Gasteiger partial charge in [0.15, 0.2) is 5.82 Å². The summed E-state index contributed by atoms with van der Waals surface area (Å²) in [6, 6.07) is 3.35. The van der Waals surface area contributed by atoms with Crippen LogP contribution in [0.4, 0.5) is 0 Å². The van der Waals surface area contributed by atoms with Gasteiger partial charge in [0, 0.05) is 23.2 Å². The zero-order chi connectivity index (χ0) is 14.1. The first kappa shape index (κ1) is 13.1. The minimum atomic E-state index is -0.0796. The molecule has 2 aromatic heterocycles. The number of nitrogens with one attached hydrogen (secondary N) is 2. The Hall–Kier alpha value is -1.91. The van der Waals surface area contributed by atoms with Gasteiger partial charge in [-0.05, 0) is 24.8 Å². The Kier molecular flexibility index (Phi) is 3.42. The van der Waals surface area contributed by atoms with Crippen LogP contribution in [0.2, 0.25) is 0 Å². The highest BCUT2D eigenvalue weighted by atomic mass is 16.1. The Labute approximate surface area is 117 Å². The molecular formula is C15H20N4O. The summed E-state index contributed by atoms with van der Waals surface area (Å²) in [5.74, 6) is 2.42. The fraction of sp³-hybridized carbons (Fsp3) is 0.533. The van der Waals surface area contributed by atoms with Crippen LogP contribution in [-0.2, 0) is 0 Å². The summed E-state index contributed by atoms with van der Waals surface area (Å²) in [4.78, 5) is 19.0. The summed E-state index contributed by atoms with van der Waals surface area (Å²) in [5.41, 5.74) is 1.73. The van der Waals surface area contributed by atoms with Crippen molar-refractivity contribution in [2.24, 2.45) is 0 Å². The number of nitrogens with zero attached hydrogens (tertiary/aromatic N) is 2. The summed E-state index contributed by atoms with van der Waals surface area (Å²) in [6.45, 7) is 4.11. The normalized spacial score (nSPS) is 16.1. The molecule has 2 aromatic rings. The average molecular weight is 272 g/mol. The number of hydrogen-bond donors (Lipinski definition) is 2. The molecule has 0 saturated heterocycles. The van der Waals surface area contributed by atoms with E-state index in [9.17, 15) is 4.79 Å². The summed E-state index contributed by atoms with van der Waals surface area (Å²) < 4.78 is 0. The van der Waals surface area contributed by atoms with Crippen molar-refractivity contribution in [2.75, 3.05) is 0 Å². The first-order valence-electron chi connectivity index (χ1n) is 7.31. The summed E-state index contributed by atoms with van der Waals surface area (Å²) in [7, 11) is 0. The molecule has 106 valence electrons. The zero-order valence-electron chi connectivity index (χ0n) is 11.9. The average Bonchev–Trinajstić information content (AvgIpc) is 3.09. The van der Waals surface area contributed by atoms with E-state index in [0.717, 1.165) is 17.1 Å². The second-order valence-corrected chi connectivity index (χ2v) is 5.83. The van der Waals surface area contributed by atoms with Crippen LogP contribution >= 0.6 is 0 Å². The minimum Gasteiger partial charge on any atom is -0.325 e. The van der Waals surface area contributed by atoms with E-state index >= 15 is 0 Å². The van der Waals surface area contributed by atoms with Gasteiger partial charge in [-0.15, -0.1) is 0 Å². The molecule has 0 atom stereocenters. The Bertz CT molecular complexity index is 650. The number of rotatable bonds is 3. The van der Waals surface area contributed by atoms with Crippen molar-refractivity contribution in [1.29, 1.82) is 0 Å². The number of H-pyrrole nitrogens is 2. The van der Waals surface area contributed by atoms with E-state index in [2.05, 4.69) is 34.0 Å². The van der Waals surface area contributed by atoms with Gasteiger partial charge in [0.1, 0.15) is 5.82 Å². The topological polar surface area (TPSA) is 74.4 Å². The predicted molar refractivity (Wildman–Crippen MR) is 77.7 cm³/mol. The first-order chi connectivity index (χ1) is 9.65. The van der Waals surface area contributed by atoms with Gasteiger partial charge in [-0.25, -0.2) is 4.98 Å². The van der Waals surface area contributed by atoms with Gasteiger partial charge >= 0.3 is 0 Å². The maximum Gasteiger partial charge on any atom is 0.248 e. The van der Waals surface area contributed by atoms with Crippen molar-refractivity contribution in [3.05, 3.63) is 34.0 Å². The van der Waals surface area contributed by atoms with Crippen LogP contribution in [0, 0.1) is 0 Å². The lowest BCUT2D eigenvalue weighted by Gasteiger charge is -2.09. The highest BCUT2D eigenvalue weighted by Gasteiger charge is 2.22. The SMILES string of the molecule is CC(C)c1[nH]c(=O)ccc1-c1n[nH]c(C2CCCC2)n1. The van der Waals surface area contributed by atoms with Crippen molar-refractivity contribution in [1.82, 2.24) is 20.2 Å². The fourth-order valence-electron chi connectivity index (χ4n) is 2.92. The molecule has 0 spiro atoms. The Morgan fingerprint density at radius 1 is 1.25 bits per heavy atom. The van der Waals surface area contributed by atoms with Gasteiger partial charge in [0.25, 0.3) is 0 Å². The molecule has 2 heterocycles. The standard InChI is InChI=1S/C15H20N4O/c1-9(2)13-11(7-8-12(20)16-13)15-17-14(18-19-15)10-5-3-4-6-10/h7-10H,3-6H2,1-2H3,(H,16,20)(H,17,18,19). The highest BCUT2D eigenvalue weighted by Crippen LogP contribution is 2.33. The molecule has 2 N–H and O–H groups in total. The van der Waals surface area contributed by atoms with Gasteiger partial charge in [-0.2, -0.15) is 5.10 Å². The van der Waals surface area contributed by atoms with Gasteiger partial charge in [-0.3, -0.25) is 9.89 Å². The lowest BCUT2D eigenvalue weighted by Crippen LogP contribution is -2.10. The second-order valence-electron chi connectivity index (χ2n) is 5.83. The van der Waals surface area contributed by atoms with E-state index in [1.165, 1.54) is 31.7 Å². The molecule has 0 amide bonds. The van der Waals surface area contributed by atoms with E-state index < -0.39 is 0 Å². The van der Waals surface area contributed by atoms with Crippen LogP contribution in [0.1, 0.15) is 62.9 Å². The third-order valence-electron chi connectivity index (χ3n) is 4.01. The van der Waals surface area contributed by atoms with Crippen LogP contribution in [0.15, 0.2) is 16.9 Å². The molecule has 0 aromatic carbocycles. The summed E-state index contributed by atoms with van der Waals surface area (Å²) >= 11 is 0. The molecule has 0 unspecified atom stereocenters. The van der Waals surface area contributed by atoms with E-state index in [4.69, 9.17) is 0 Å². The molecule has 0 aliphatic heterocycles. The van der Waals surface area contributed by atoms with Crippen molar-refractivity contribution < 1.29 is 0 Å².